The third kappa shape index (κ3) is 8.17. The molecule has 1 unspecified atom stereocenters. The predicted octanol–water partition coefficient (Wildman–Crippen LogP) is -0.299. The molecule has 0 aliphatic rings. The van der Waals surface area contributed by atoms with E-state index in [4.69, 9.17) is 4.55 Å². The normalized spacial score (nSPS) is 12.3. The minimum Gasteiger partial charge on any atom is -0.459 e. The standard InChI is InChI=1S/C9H12O7S/c1-3-8(10)15-5-7(6-17(12,13)14)16-9(11)4-2/h3-4,7H,1-2,5-6H2,(H,12,13,14). The molecule has 7 nitrogen and oxygen atoms in total. The average Bonchev–Trinajstić information content (AvgIpc) is 2.23. The lowest BCUT2D eigenvalue weighted by molar-refractivity contribution is -0.151. The molecule has 0 aromatic heterocycles. The van der Waals surface area contributed by atoms with E-state index in [-0.39, 0.29) is 0 Å². The van der Waals surface area contributed by atoms with Gasteiger partial charge in [-0.05, 0) is 0 Å². The van der Waals surface area contributed by atoms with Crippen molar-refractivity contribution in [3.8, 4) is 0 Å². The van der Waals surface area contributed by atoms with Gasteiger partial charge >= 0.3 is 11.9 Å². The van der Waals surface area contributed by atoms with Gasteiger partial charge in [-0.2, -0.15) is 8.42 Å². The van der Waals surface area contributed by atoms with Gasteiger partial charge < -0.3 is 9.47 Å². The van der Waals surface area contributed by atoms with Crippen molar-refractivity contribution in [3.05, 3.63) is 25.3 Å². The van der Waals surface area contributed by atoms with Crippen LogP contribution in [0, 0.1) is 0 Å². The second kappa shape index (κ2) is 6.81. The molecule has 0 amide bonds. The third-order valence-corrected chi connectivity index (χ3v) is 2.22. The summed E-state index contributed by atoms with van der Waals surface area (Å²) >= 11 is 0. The Morgan fingerprint density at radius 3 is 2.18 bits per heavy atom. The summed E-state index contributed by atoms with van der Waals surface area (Å²) in [7, 11) is -4.36. The summed E-state index contributed by atoms with van der Waals surface area (Å²) in [5.74, 6) is -2.58. The van der Waals surface area contributed by atoms with E-state index >= 15 is 0 Å². The highest BCUT2D eigenvalue weighted by atomic mass is 32.2. The van der Waals surface area contributed by atoms with Crippen molar-refractivity contribution in [2.45, 2.75) is 6.10 Å². The largest absolute Gasteiger partial charge is 0.459 e. The highest BCUT2D eigenvalue weighted by Crippen LogP contribution is 2.00. The van der Waals surface area contributed by atoms with Gasteiger partial charge in [0.2, 0.25) is 0 Å². The number of hydrogen-bond donors (Lipinski definition) is 1. The van der Waals surface area contributed by atoms with E-state index in [0.29, 0.717) is 0 Å². The van der Waals surface area contributed by atoms with E-state index < -0.39 is 40.5 Å². The Kier molecular flexibility index (Phi) is 6.15. The highest BCUT2D eigenvalue weighted by molar-refractivity contribution is 7.85. The summed E-state index contributed by atoms with van der Waals surface area (Å²) in [5, 5.41) is 0. The van der Waals surface area contributed by atoms with Gasteiger partial charge in [0.15, 0.2) is 6.10 Å². The van der Waals surface area contributed by atoms with Crippen molar-refractivity contribution in [1.29, 1.82) is 0 Å². The van der Waals surface area contributed by atoms with Crippen molar-refractivity contribution >= 4 is 22.1 Å². The first kappa shape index (κ1) is 15.3. The Hall–Kier alpha value is -1.67. The van der Waals surface area contributed by atoms with Gasteiger partial charge in [-0.3, -0.25) is 4.55 Å². The lowest BCUT2D eigenvalue weighted by atomic mass is 10.4. The van der Waals surface area contributed by atoms with Crippen LogP contribution in [0.15, 0.2) is 25.3 Å². The summed E-state index contributed by atoms with van der Waals surface area (Å²) in [6, 6.07) is 0. The number of carbonyl (C=O) groups is 2. The molecule has 0 aliphatic heterocycles. The fourth-order valence-corrected chi connectivity index (χ4v) is 1.43. The van der Waals surface area contributed by atoms with Crippen LogP contribution in [-0.4, -0.2) is 43.4 Å². The zero-order chi connectivity index (χ0) is 13.5. The maximum Gasteiger partial charge on any atom is 0.330 e. The van der Waals surface area contributed by atoms with Gasteiger partial charge in [0.1, 0.15) is 12.4 Å². The molecule has 0 aromatic carbocycles. The van der Waals surface area contributed by atoms with Crippen LogP contribution >= 0.6 is 0 Å². The summed E-state index contributed by atoms with van der Waals surface area (Å²) in [4.78, 5) is 21.6. The third-order valence-electron chi connectivity index (χ3n) is 1.42. The topological polar surface area (TPSA) is 107 Å². The lowest BCUT2D eigenvalue weighted by Gasteiger charge is -2.14. The quantitative estimate of drug-likeness (QED) is 0.382. The minimum absolute atomic E-state index is 0.510. The van der Waals surface area contributed by atoms with Crippen LogP contribution in [0.5, 0.6) is 0 Å². The molecule has 0 bridgehead atoms. The van der Waals surface area contributed by atoms with Crippen molar-refractivity contribution in [2.24, 2.45) is 0 Å². The van der Waals surface area contributed by atoms with E-state index in [1.165, 1.54) is 0 Å². The van der Waals surface area contributed by atoms with Crippen LogP contribution in [0.25, 0.3) is 0 Å². The highest BCUT2D eigenvalue weighted by Gasteiger charge is 2.21. The van der Waals surface area contributed by atoms with Crippen LogP contribution in [0.2, 0.25) is 0 Å². The maximum atomic E-state index is 10.8. The zero-order valence-electron chi connectivity index (χ0n) is 8.87. The van der Waals surface area contributed by atoms with E-state index in [0.717, 1.165) is 12.2 Å². The van der Waals surface area contributed by atoms with Gasteiger partial charge in [-0.15, -0.1) is 0 Å². The number of carbonyl (C=O) groups excluding carboxylic acids is 2. The van der Waals surface area contributed by atoms with E-state index in [2.05, 4.69) is 22.6 Å². The number of rotatable bonds is 7. The van der Waals surface area contributed by atoms with Gasteiger partial charge in [-0.1, -0.05) is 13.2 Å². The predicted molar refractivity (Wildman–Crippen MR) is 57.6 cm³/mol. The fraction of sp³-hybridized carbons (Fsp3) is 0.333. The molecule has 0 saturated carbocycles. The van der Waals surface area contributed by atoms with Gasteiger partial charge in [-0.25, -0.2) is 9.59 Å². The Bertz CT molecular complexity index is 409. The van der Waals surface area contributed by atoms with Crippen LogP contribution in [0.3, 0.4) is 0 Å². The molecule has 0 fully saturated rings. The molecule has 0 saturated heterocycles. The molecule has 1 N–H and O–H groups in total. The first-order valence-electron chi connectivity index (χ1n) is 4.36. The number of ether oxygens (including phenoxy) is 2. The molecule has 0 heterocycles. The average molecular weight is 264 g/mol. The van der Waals surface area contributed by atoms with E-state index in [9.17, 15) is 18.0 Å². The Labute approximate surface area is 98.5 Å². The Balaban J connectivity index is 4.50. The van der Waals surface area contributed by atoms with Crippen molar-refractivity contribution in [3.63, 3.8) is 0 Å². The molecular weight excluding hydrogens is 252 g/mol. The van der Waals surface area contributed by atoms with Gasteiger partial charge in [0.25, 0.3) is 10.1 Å². The fourth-order valence-electron chi connectivity index (χ4n) is 0.797. The first-order chi connectivity index (χ1) is 7.78. The molecule has 0 spiro atoms. The summed E-state index contributed by atoms with van der Waals surface area (Å²) in [6.45, 7) is 5.73. The van der Waals surface area contributed by atoms with Gasteiger partial charge in [0.05, 0.1) is 0 Å². The molecule has 0 rings (SSSR count). The van der Waals surface area contributed by atoms with E-state index in [1.54, 1.807) is 0 Å². The maximum absolute atomic E-state index is 10.8. The summed E-state index contributed by atoms with van der Waals surface area (Å²) in [6.07, 6.45) is 0.367. The molecule has 0 aliphatic carbocycles. The summed E-state index contributed by atoms with van der Waals surface area (Å²) in [5.41, 5.74) is 0. The van der Waals surface area contributed by atoms with Crippen LogP contribution in [0.1, 0.15) is 0 Å². The molecule has 17 heavy (non-hydrogen) atoms. The molecule has 0 radical (unpaired) electrons. The molecule has 0 aromatic rings. The first-order valence-corrected chi connectivity index (χ1v) is 5.96. The van der Waals surface area contributed by atoms with Crippen LogP contribution < -0.4 is 0 Å². The smallest absolute Gasteiger partial charge is 0.330 e. The van der Waals surface area contributed by atoms with Crippen LogP contribution in [-0.2, 0) is 29.2 Å². The molecule has 1 atom stereocenters. The molecule has 8 heteroatoms. The monoisotopic (exact) mass is 264 g/mol. The van der Waals surface area contributed by atoms with Crippen molar-refractivity contribution in [1.82, 2.24) is 0 Å². The number of esters is 2. The van der Waals surface area contributed by atoms with E-state index in [1.807, 2.05) is 0 Å². The minimum atomic E-state index is -4.36. The molecule has 96 valence electrons. The van der Waals surface area contributed by atoms with Gasteiger partial charge in [0, 0.05) is 12.2 Å². The van der Waals surface area contributed by atoms with Crippen molar-refractivity contribution in [2.75, 3.05) is 12.4 Å². The zero-order valence-corrected chi connectivity index (χ0v) is 9.68. The lowest BCUT2D eigenvalue weighted by Crippen LogP contribution is -2.31. The second-order valence-corrected chi connectivity index (χ2v) is 4.34. The SMILES string of the molecule is C=CC(=O)OCC(CS(=O)(=O)O)OC(=O)C=C. The number of hydrogen-bond acceptors (Lipinski definition) is 6. The second-order valence-electron chi connectivity index (χ2n) is 2.85. The van der Waals surface area contributed by atoms with Crippen LogP contribution in [0.4, 0.5) is 0 Å². The van der Waals surface area contributed by atoms with Crippen molar-refractivity contribution < 1.29 is 32.0 Å². The summed E-state index contributed by atoms with van der Waals surface area (Å²) < 4.78 is 38.9. The Morgan fingerprint density at radius 1 is 1.24 bits per heavy atom. The Morgan fingerprint density at radius 2 is 1.76 bits per heavy atom. The molecular formula is C9H12O7S.